The summed E-state index contributed by atoms with van der Waals surface area (Å²) in [5.41, 5.74) is 0.800. The first kappa shape index (κ1) is 15.6. The zero-order valence-electron chi connectivity index (χ0n) is 12.0. The van der Waals surface area contributed by atoms with E-state index in [1.54, 1.807) is 18.2 Å². The summed E-state index contributed by atoms with van der Waals surface area (Å²) in [6, 6.07) is 13.0. The van der Waals surface area contributed by atoms with E-state index in [1.165, 1.54) is 18.2 Å². The number of hydrogen-bond acceptors (Lipinski definition) is 4. The SMILES string of the molecule is CS(=O)(=O)c1ccc(Cl)c(NC(=O)c2cc3ccccc3o2)c1. The van der Waals surface area contributed by atoms with Crippen LogP contribution in [0.2, 0.25) is 5.02 Å². The van der Waals surface area contributed by atoms with Gasteiger partial charge in [0, 0.05) is 11.6 Å². The molecular formula is C16H12ClNO4S. The van der Waals surface area contributed by atoms with Crippen molar-refractivity contribution in [2.45, 2.75) is 4.90 Å². The van der Waals surface area contributed by atoms with Crippen LogP contribution in [0.4, 0.5) is 5.69 Å². The number of carbonyl (C=O) groups is 1. The van der Waals surface area contributed by atoms with E-state index in [9.17, 15) is 13.2 Å². The van der Waals surface area contributed by atoms with Gasteiger partial charge in [-0.25, -0.2) is 8.42 Å². The van der Waals surface area contributed by atoms with Crippen LogP contribution in [0, 0.1) is 0 Å². The summed E-state index contributed by atoms with van der Waals surface area (Å²) in [6.07, 6.45) is 1.08. The van der Waals surface area contributed by atoms with Crippen molar-refractivity contribution in [3.05, 3.63) is 59.3 Å². The van der Waals surface area contributed by atoms with Gasteiger partial charge in [0.2, 0.25) is 0 Å². The molecule has 1 aromatic heterocycles. The third-order valence-corrected chi connectivity index (χ3v) is 4.70. The molecule has 2 aromatic carbocycles. The minimum absolute atomic E-state index is 0.0711. The third kappa shape index (κ3) is 3.23. The first-order valence-corrected chi connectivity index (χ1v) is 8.91. The average molecular weight is 350 g/mol. The molecule has 7 heteroatoms. The van der Waals surface area contributed by atoms with E-state index < -0.39 is 15.7 Å². The van der Waals surface area contributed by atoms with Crippen molar-refractivity contribution < 1.29 is 17.6 Å². The Hall–Kier alpha value is -2.31. The monoisotopic (exact) mass is 349 g/mol. The Morgan fingerprint density at radius 2 is 1.87 bits per heavy atom. The van der Waals surface area contributed by atoms with Gasteiger partial charge in [0.15, 0.2) is 15.6 Å². The number of nitrogens with one attached hydrogen (secondary N) is 1. The first-order valence-electron chi connectivity index (χ1n) is 6.64. The van der Waals surface area contributed by atoms with Gasteiger partial charge in [-0.15, -0.1) is 0 Å². The molecule has 0 atom stereocenters. The molecule has 118 valence electrons. The topological polar surface area (TPSA) is 76.4 Å². The van der Waals surface area contributed by atoms with Crippen molar-refractivity contribution in [3.8, 4) is 0 Å². The van der Waals surface area contributed by atoms with Crippen LogP contribution in [0.25, 0.3) is 11.0 Å². The van der Waals surface area contributed by atoms with Gasteiger partial charge >= 0.3 is 0 Å². The lowest BCUT2D eigenvalue weighted by molar-refractivity contribution is 0.0998. The summed E-state index contributed by atoms with van der Waals surface area (Å²) in [7, 11) is -3.40. The van der Waals surface area contributed by atoms with Crippen LogP contribution >= 0.6 is 11.6 Å². The molecule has 0 radical (unpaired) electrons. The minimum Gasteiger partial charge on any atom is -0.451 e. The quantitative estimate of drug-likeness (QED) is 0.781. The summed E-state index contributed by atoms with van der Waals surface area (Å²) < 4.78 is 28.7. The molecule has 0 unspecified atom stereocenters. The van der Waals surface area contributed by atoms with E-state index >= 15 is 0 Å². The number of para-hydroxylation sites is 1. The molecule has 23 heavy (non-hydrogen) atoms. The van der Waals surface area contributed by atoms with E-state index in [2.05, 4.69) is 5.32 Å². The Balaban J connectivity index is 1.93. The van der Waals surface area contributed by atoms with Crippen LogP contribution in [0.5, 0.6) is 0 Å². The maximum Gasteiger partial charge on any atom is 0.291 e. The number of rotatable bonds is 3. The fourth-order valence-corrected chi connectivity index (χ4v) is 2.92. The first-order chi connectivity index (χ1) is 10.8. The zero-order chi connectivity index (χ0) is 16.6. The Bertz CT molecular complexity index is 975. The Kier molecular flexibility index (Phi) is 3.87. The highest BCUT2D eigenvalue weighted by Gasteiger charge is 2.16. The highest BCUT2D eigenvalue weighted by molar-refractivity contribution is 7.90. The van der Waals surface area contributed by atoms with E-state index in [-0.39, 0.29) is 21.4 Å². The van der Waals surface area contributed by atoms with Crippen LogP contribution in [0.15, 0.2) is 57.8 Å². The molecule has 3 rings (SSSR count). The number of anilines is 1. The summed E-state index contributed by atoms with van der Waals surface area (Å²) in [5.74, 6) is -0.388. The number of sulfone groups is 1. The smallest absolute Gasteiger partial charge is 0.291 e. The molecule has 1 N–H and O–H groups in total. The molecule has 0 saturated carbocycles. The Morgan fingerprint density at radius 1 is 1.13 bits per heavy atom. The van der Waals surface area contributed by atoms with Gasteiger partial charge in [-0.2, -0.15) is 0 Å². The molecule has 0 fully saturated rings. The molecule has 0 saturated heterocycles. The average Bonchev–Trinajstić information content (AvgIpc) is 2.92. The second kappa shape index (κ2) is 5.72. The zero-order valence-corrected chi connectivity index (χ0v) is 13.6. The minimum atomic E-state index is -3.40. The maximum atomic E-state index is 12.3. The predicted octanol–water partition coefficient (Wildman–Crippen LogP) is 3.74. The van der Waals surface area contributed by atoms with Crippen molar-refractivity contribution in [3.63, 3.8) is 0 Å². The number of fused-ring (bicyclic) bond motifs is 1. The lowest BCUT2D eigenvalue weighted by atomic mass is 10.2. The maximum absolute atomic E-state index is 12.3. The molecule has 0 aliphatic heterocycles. The van der Waals surface area contributed by atoms with Gasteiger partial charge in [-0.05, 0) is 30.3 Å². The lowest BCUT2D eigenvalue weighted by Crippen LogP contribution is -2.12. The highest BCUT2D eigenvalue weighted by atomic mass is 35.5. The number of halogens is 1. The van der Waals surface area contributed by atoms with Crippen molar-refractivity contribution in [2.24, 2.45) is 0 Å². The third-order valence-electron chi connectivity index (χ3n) is 3.26. The van der Waals surface area contributed by atoms with Crippen LogP contribution in [-0.4, -0.2) is 20.6 Å². The van der Waals surface area contributed by atoms with Crippen molar-refractivity contribution in [1.82, 2.24) is 0 Å². The van der Waals surface area contributed by atoms with Crippen LogP contribution < -0.4 is 5.32 Å². The van der Waals surface area contributed by atoms with Crippen molar-refractivity contribution in [1.29, 1.82) is 0 Å². The number of carbonyl (C=O) groups excluding carboxylic acids is 1. The standard InChI is InChI=1S/C16H12ClNO4S/c1-23(20,21)11-6-7-12(17)13(9-11)18-16(19)15-8-10-4-2-3-5-14(10)22-15/h2-9H,1H3,(H,18,19). The van der Waals surface area contributed by atoms with E-state index in [1.807, 2.05) is 12.1 Å². The number of furan rings is 1. The summed E-state index contributed by atoms with van der Waals surface area (Å²) >= 11 is 6.02. The fraction of sp³-hybridized carbons (Fsp3) is 0.0625. The molecule has 0 bridgehead atoms. The lowest BCUT2D eigenvalue weighted by Gasteiger charge is -2.07. The summed E-state index contributed by atoms with van der Waals surface area (Å²) in [4.78, 5) is 12.4. The largest absolute Gasteiger partial charge is 0.451 e. The number of hydrogen-bond donors (Lipinski definition) is 1. The van der Waals surface area contributed by atoms with Gasteiger partial charge in [0.1, 0.15) is 5.58 Å². The fourth-order valence-electron chi connectivity index (χ4n) is 2.11. The molecular weight excluding hydrogens is 338 g/mol. The van der Waals surface area contributed by atoms with Crippen molar-refractivity contribution in [2.75, 3.05) is 11.6 Å². The Morgan fingerprint density at radius 3 is 2.57 bits per heavy atom. The molecule has 1 amide bonds. The van der Waals surface area contributed by atoms with E-state index in [4.69, 9.17) is 16.0 Å². The molecule has 1 heterocycles. The molecule has 3 aromatic rings. The normalized spacial score (nSPS) is 11.6. The number of benzene rings is 2. The second-order valence-corrected chi connectivity index (χ2v) is 7.44. The van der Waals surface area contributed by atoms with Gasteiger partial charge < -0.3 is 9.73 Å². The van der Waals surface area contributed by atoms with Gasteiger partial charge in [0.05, 0.1) is 15.6 Å². The van der Waals surface area contributed by atoms with Crippen LogP contribution in [0.1, 0.15) is 10.6 Å². The highest BCUT2D eigenvalue weighted by Crippen LogP contribution is 2.26. The second-order valence-electron chi connectivity index (χ2n) is 5.02. The van der Waals surface area contributed by atoms with Gasteiger partial charge in [-0.1, -0.05) is 29.8 Å². The van der Waals surface area contributed by atoms with E-state index in [0.717, 1.165) is 11.6 Å². The molecule has 0 spiro atoms. The van der Waals surface area contributed by atoms with Crippen molar-refractivity contribution >= 4 is 44.0 Å². The number of amides is 1. The summed E-state index contributed by atoms with van der Waals surface area (Å²) in [6.45, 7) is 0. The van der Waals surface area contributed by atoms with Crippen LogP contribution in [0.3, 0.4) is 0 Å². The predicted molar refractivity (Wildman–Crippen MR) is 88.7 cm³/mol. The molecule has 0 aliphatic rings. The Labute approximate surface area is 137 Å². The van der Waals surface area contributed by atoms with Gasteiger partial charge in [0.25, 0.3) is 5.91 Å². The molecule has 5 nitrogen and oxygen atoms in total. The summed E-state index contributed by atoms with van der Waals surface area (Å²) in [5, 5.41) is 3.61. The molecule has 0 aliphatic carbocycles. The van der Waals surface area contributed by atoms with Crippen LogP contribution in [-0.2, 0) is 9.84 Å². The van der Waals surface area contributed by atoms with Gasteiger partial charge in [-0.3, -0.25) is 4.79 Å². The van der Waals surface area contributed by atoms with E-state index in [0.29, 0.717) is 5.58 Å².